The number of aromatic nitrogens is 1. The molecule has 1 heterocycles. The monoisotopic (exact) mass is 195 g/mol. The fourth-order valence-electron chi connectivity index (χ4n) is 1.80. The number of nitrogens with zero attached hydrogens (tertiary/aromatic N) is 1. The van der Waals surface area contributed by atoms with Gasteiger partial charge in [-0.2, -0.15) is 0 Å². The van der Waals surface area contributed by atoms with E-state index in [4.69, 9.17) is 5.11 Å². The Morgan fingerprint density at radius 3 is 2.29 bits per heavy atom. The number of carboxylic acid groups (broad SMARTS) is 1. The Morgan fingerprint density at radius 1 is 1.43 bits per heavy atom. The number of rotatable bonds is 3. The van der Waals surface area contributed by atoms with Crippen molar-refractivity contribution in [1.82, 2.24) is 4.57 Å². The van der Waals surface area contributed by atoms with Crippen molar-refractivity contribution in [3.63, 3.8) is 0 Å². The van der Waals surface area contributed by atoms with Crippen LogP contribution >= 0.6 is 0 Å². The molecule has 14 heavy (non-hydrogen) atoms. The lowest BCUT2D eigenvalue weighted by Gasteiger charge is -2.03. The molecule has 0 amide bonds. The van der Waals surface area contributed by atoms with Gasteiger partial charge in [0.05, 0.1) is 5.56 Å². The lowest BCUT2D eigenvalue weighted by molar-refractivity contribution is 0.0693. The molecule has 0 fully saturated rings. The van der Waals surface area contributed by atoms with Crippen molar-refractivity contribution in [2.45, 2.75) is 27.3 Å². The second-order valence-electron chi connectivity index (χ2n) is 3.13. The lowest BCUT2D eigenvalue weighted by atomic mass is 10.1. The highest BCUT2D eigenvalue weighted by molar-refractivity contribution is 5.99. The largest absolute Gasteiger partial charge is 0.478 e. The summed E-state index contributed by atoms with van der Waals surface area (Å²) in [6.45, 7) is 6.06. The van der Waals surface area contributed by atoms with Crippen molar-refractivity contribution < 1.29 is 14.7 Å². The third kappa shape index (κ3) is 1.32. The zero-order valence-electron chi connectivity index (χ0n) is 8.50. The van der Waals surface area contributed by atoms with Crippen LogP contribution in [0.5, 0.6) is 0 Å². The van der Waals surface area contributed by atoms with Gasteiger partial charge in [0.25, 0.3) is 0 Å². The maximum absolute atomic E-state index is 10.9. The highest BCUT2D eigenvalue weighted by atomic mass is 16.4. The van der Waals surface area contributed by atoms with Crippen LogP contribution in [-0.2, 0) is 6.54 Å². The Bertz CT molecular complexity index is 391. The minimum atomic E-state index is -1.04. The van der Waals surface area contributed by atoms with E-state index in [9.17, 15) is 9.59 Å². The fraction of sp³-hybridized carbons (Fsp3) is 0.400. The van der Waals surface area contributed by atoms with Gasteiger partial charge in [-0.25, -0.2) is 4.79 Å². The zero-order valence-corrected chi connectivity index (χ0v) is 8.50. The molecule has 0 saturated heterocycles. The molecule has 4 heteroatoms. The van der Waals surface area contributed by atoms with Gasteiger partial charge < -0.3 is 9.67 Å². The maximum atomic E-state index is 10.9. The number of hydrogen-bond acceptors (Lipinski definition) is 2. The molecule has 0 aliphatic carbocycles. The summed E-state index contributed by atoms with van der Waals surface area (Å²) in [6.07, 6.45) is 0.609. The average Bonchev–Trinajstić information content (AvgIpc) is 2.37. The molecule has 1 N–H and O–H groups in total. The molecule has 0 unspecified atom stereocenters. The first kappa shape index (κ1) is 10.5. The Hall–Kier alpha value is -1.58. The van der Waals surface area contributed by atoms with Crippen LogP contribution < -0.4 is 0 Å². The van der Waals surface area contributed by atoms with Gasteiger partial charge in [0, 0.05) is 23.5 Å². The summed E-state index contributed by atoms with van der Waals surface area (Å²) in [4.78, 5) is 21.7. The van der Waals surface area contributed by atoms with Gasteiger partial charge in [-0.05, 0) is 20.8 Å². The van der Waals surface area contributed by atoms with Crippen LogP contribution in [0.15, 0.2) is 0 Å². The van der Waals surface area contributed by atoms with E-state index in [-0.39, 0.29) is 11.1 Å². The van der Waals surface area contributed by atoms with E-state index < -0.39 is 5.97 Å². The Morgan fingerprint density at radius 2 is 2.00 bits per heavy atom. The van der Waals surface area contributed by atoms with E-state index in [2.05, 4.69) is 0 Å². The second kappa shape index (κ2) is 3.65. The van der Waals surface area contributed by atoms with E-state index in [1.807, 2.05) is 11.5 Å². The first-order valence-electron chi connectivity index (χ1n) is 4.42. The summed E-state index contributed by atoms with van der Waals surface area (Å²) in [5, 5.41) is 8.94. The minimum Gasteiger partial charge on any atom is -0.478 e. The van der Waals surface area contributed by atoms with Crippen molar-refractivity contribution in [2.24, 2.45) is 0 Å². The summed E-state index contributed by atoms with van der Waals surface area (Å²) in [5.41, 5.74) is 1.77. The normalized spacial score (nSPS) is 10.2. The first-order valence-corrected chi connectivity index (χ1v) is 4.42. The fourth-order valence-corrected chi connectivity index (χ4v) is 1.80. The number of aldehydes is 1. The molecular formula is C10H13NO3. The van der Waals surface area contributed by atoms with Crippen molar-refractivity contribution >= 4 is 12.3 Å². The predicted octanol–water partition coefficient (Wildman–Crippen LogP) is 1.64. The lowest BCUT2D eigenvalue weighted by Crippen LogP contribution is -2.02. The summed E-state index contributed by atoms with van der Waals surface area (Å²) < 4.78 is 1.83. The number of carbonyl (C=O) groups excluding carboxylic acids is 1. The van der Waals surface area contributed by atoms with Crippen molar-refractivity contribution in [1.29, 1.82) is 0 Å². The van der Waals surface area contributed by atoms with Crippen LogP contribution in [-0.4, -0.2) is 21.9 Å². The predicted molar refractivity (Wildman–Crippen MR) is 51.9 cm³/mol. The molecule has 0 aliphatic heterocycles. The van der Waals surface area contributed by atoms with Crippen LogP contribution in [0.1, 0.15) is 39.0 Å². The molecular weight excluding hydrogens is 182 g/mol. The van der Waals surface area contributed by atoms with E-state index in [1.54, 1.807) is 13.8 Å². The van der Waals surface area contributed by atoms with Gasteiger partial charge in [-0.3, -0.25) is 4.79 Å². The van der Waals surface area contributed by atoms with Crippen LogP contribution in [0.3, 0.4) is 0 Å². The van der Waals surface area contributed by atoms with Gasteiger partial charge in [0.2, 0.25) is 0 Å². The molecule has 0 atom stereocenters. The molecule has 0 spiro atoms. The van der Waals surface area contributed by atoms with Crippen LogP contribution in [0.2, 0.25) is 0 Å². The Balaban J connectivity index is 3.55. The molecule has 0 radical (unpaired) electrons. The van der Waals surface area contributed by atoms with E-state index >= 15 is 0 Å². The second-order valence-corrected chi connectivity index (χ2v) is 3.13. The molecule has 0 aromatic carbocycles. The van der Waals surface area contributed by atoms with Gasteiger partial charge in [0.15, 0.2) is 6.29 Å². The number of carboxylic acids is 1. The Labute approximate surface area is 82.2 Å². The summed E-state index contributed by atoms with van der Waals surface area (Å²) >= 11 is 0. The number of carbonyl (C=O) groups is 2. The highest BCUT2D eigenvalue weighted by Gasteiger charge is 2.21. The molecule has 1 aromatic heterocycles. The number of hydrogen-bond donors (Lipinski definition) is 1. The molecule has 0 saturated carbocycles. The summed E-state index contributed by atoms with van der Waals surface area (Å²) in [5.74, 6) is -1.04. The molecule has 0 aliphatic rings. The third-order valence-corrected chi connectivity index (χ3v) is 2.48. The molecule has 1 rings (SSSR count). The summed E-state index contributed by atoms with van der Waals surface area (Å²) in [6, 6.07) is 0. The molecule has 1 aromatic rings. The van der Waals surface area contributed by atoms with Crippen molar-refractivity contribution in [3.8, 4) is 0 Å². The van der Waals surface area contributed by atoms with Gasteiger partial charge in [0.1, 0.15) is 0 Å². The SMILES string of the molecule is CCn1c(C)c(C=O)c(C(=O)O)c1C. The standard InChI is InChI=1S/C10H13NO3/c1-4-11-6(2)8(5-12)9(7(11)3)10(13)14/h5H,4H2,1-3H3,(H,13,14). The maximum Gasteiger partial charge on any atom is 0.338 e. The van der Waals surface area contributed by atoms with Crippen LogP contribution in [0, 0.1) is 13.8 Å². The molecule has 4 nitrogen and oxygen atoms in total. The van der Waals surface area contributed by atoms with Gasteiger partial charge in [-0.15, -0.1) is 0 Å². The zero-order chi connectivity index (χ0) is 10.9. The molecule has 76 valence electrons. The summed E-state index contributed by atoms with van der Waals surface area (Å²) in [7, 11) is 0. The van der Waals surface area contributed by atoms with E-state index in [0.717, 1.165) is 5.69 Å². The van der Waals surface area contributed by atoms with Gasteiger partial charge in [-0.1, -0.05) is 0 Å². The smallest absolute Gasteiger partial charge is 0.338 e. The molecule has 0 bridgehead atoms. The number of aromatic carboxylic acids is 1. The topological polar surface area (TPSA) is 59.3 Å². The van der Waals surface area contributed by atoms with Crippen LogP contribution in [0.25, 0.3) is 0 Å². The third-order valence-electron chi connectivity index (χ3n) is 2.48. The van der Waals surface area contributed by atoms with Gasteiger partial charge >= 0.3 is 5.97 Å². The van der Waals surface area contributed by atoms with E-state index in [1.165, 1.54) is 0 Å². The van der Waals surface area contributed by atoms with Crippen molar-refractivity contribution in [3.05, 3.63) is 22.5 Å². The Kier molecular flexibility index (Phi) is 2.74. The highest BCUT2D eigenvalue weighted by Crippen LogP contribution is 2.20. The van der Waals surface area contributed by atoms with Crippen molar-refractivity contribution in [2.75, 3.05) is 0 Å². The quantitative estimate of drug-likeness (QED) is 0.746. The first-order chi connectivity index (χ1) is 6.54. The van der Waals surface area contributed by atoms with E-state index in [0.29, 0.717) is 18.5 Å². The minimum absolute atomic E-state index is 0.124. The van der Waals surface area contributed by atoms with Crippen LogP contribution in [0.4, 0.5) is 0 Å². The average molecular weight is 195 g/mol.